The van der Waals surface area contributed by atoms with Crippen LogP contribution < -0.4 is 0 Å². The van der Waals surface area contributed by atoms with Gasteiger partial charge in [0, 0.05) is 17.3 Å². The monoisotopic (exact) mass is 129 g/mol. The SMILES string of the molecule is C=C1N=Cc2ccccc21. The van der Waals surface area contributed by atoms with Gasteiger partial charge in [0.1, 0.15) is 0 Å². The van der Waals surface area contributed by atoms with Crippen molar-refractivity contribution in [2.75, 3.05) is 0 Å². The van der Waals surface area contributed by atoms with Crippen molar-refractivity contribution < 1.29 is 0 Å². The molecule has 0 radical (unpaired) electrons. The van der Waals surface area contributed by atoms with Crippen LogP contribution in [0.4, 0.5) is 0 Å². The van der Waals surface area contributed by atoms with Gasteiger partial charge in [-0.3, -0.25) is 4.99 Å². The molecule has 0 atom stereocenters. The third-order valence-corrected chi connectivity index (χ3v) is 1.63. The maximum Gasteiger partial charge on any atom is 0.0637 e. The van der Waals surface area contributed by atoms with E-state index in [0.717, 1.165) is 11.3 Å². The lowest BCUT2D eigenvalue weighted by atomic mass is 10.1. The molecule has 1 heteroatoms. The van der Waals surface area contributed by atoms with E-state index in [1.165, 1.54) is 5.56 Å². The second kappa shape index (κ2) is 1.81. The van der Waals surface area contributed by atoms with Gasteiger partial charge in [0.25, 0.3) is 0 Å². The van der Waals surface area contributed by atoms with Crippen LogP contribution in [-0.4, -0.2) is 6.21 Å². The molecule has 0 saturated carbocycles. The summed E-state index contributed by atoms with van der Waals surface area (Å²) in [6, 6.07) is 8.07. The van der Waals surface area contributed by atoms with Gasteiger partial charge in [-0.2, -0.15) is 0 Å². The molecular formula is C9H7N. The smallest absolute Gasteiger partial charge is 0.0637 e. The van der Waals surface area contributed by atoms with E-state index in [1.807, 2.05) is 30.5 Å². The Morgan fingerprint density at radius 2 is 2.00 bits per heavy atom. The summed E-state index contributed by atoms with van der Waals surface area (Å²) < 4.78 is 0. The standard InChI is InChI=1S/C9H7N/c1-7-9-5-3-2-4-8(9)6-10-7/h2-6H,1H2. The van der Waals surface area contributed by atoms with E-state index < -0.39 is 0 Å². The van der Waals surface area contributed by atoms with Crippen LogP contribution in [-0.2, 0) is 0 Å². The highest BCUT2D eigenvalue weighted by Crippen LogP contribution is 2.22. The maximum atomic E-state index is 4.08. The Morgan fingerprint density at radius 3 is 2.80 bits per heavy atom. The van der Waals surface area contributed by atoms with E-state index in [2.05, 4.69) is 11.6 Å². The first-order chi connectivity index (χ1) is 4.88. The van der Waals surface area contributed by atoms with Crippen molar-refractivity contribution in [1.82, 2.24) is 0 Å². The molecule has 48 valence electrons. The molecule has 0 fully saturated rings. The maximum absolute atomic E-state index is 4.08. The molecule has 10 heavy (non-hydrogen) atoms. The molecule has 1 heterocycles. The summed E-state index contributed by atoms with van der Waals surface area (Å²) in [5, 5.41) is 0. The van der Waals surface area contributed by atoms with Gasteiger partial charge in [-0.25, -0.2) is 0 Å². The first-order valence-electron chi connectivity index (χ1n) is 3.20. The highest BCUT2D eigenvalue weighted by Gasteiger charge is 2.06. The third-order valence-electron chi connectivity index (χ3n) is 1.63. The van der Waals surface area contributed by atoms with E-state index in [-0.39, 0.29) is 0 Å². The molecule has 1 aliphatic heterocycles. The van der Waals surface area contributed by atoms with Crippen molar-refractivity contribution in [3.63, 3.8) is 0 Å². The van der Waals surface area contributed by atoms with Gasteiger partial charge in [0.2, 0.25) is 0 Å². The molecule has 0 amide bonds. The van der Waals surface area contributed by atoms with Gasteiger partial charge >= 0.3 is 0 Å². The summed E-state index contributed by atoms with van der Waals surface area (Å²) in [5.41, 5.74) is 3.20. The molecule has 0 unspecified atom stereocenters. The molecule has 0 aliphatic carbocycles. The van der Waals surface area contributed by atoms with Crippen LogP contribution in [0.5, 0.6) is 0 Å². The highest BCUT2D eigenvalue weighted by molar-refractivity contribution is 5.96. The Balaban J connectivity index is 2.70. The second-order valence-electron chi connectivity index (χ2n) is 2.29. The predicted octanol–water partition coefficient (Wildman–Crippen LogP) is 2.09. The van der Waals surface area contributed by atoms with Crippen LogP contribution in [0.25, 0.3) is 5.70 Å². The Morgan fingerprint density at radius 1 is 1.20 bits per heavy atom. The Kier molecular flexibility index (Phi) is 0.978. The first-order valence-corrected chi connectivity index (χ1v) is 3.20. The minimum atomic E-state index is 0.871. The largest absolute Gasteiger partial charge is 0.256 e. The van der Waals surface area contributed by atoms with Crippen molar-refractivity contribution in [2.45, 2.75) is 0 Å². The van der Waals surface area contributed by atoms with E-state index in [0.29, 0.717) is 0 Å². The van der Waals surface area contributed by atoms with Crippen molar-refractivity contribution >= 4 is 11.9 Å². The minimum Gasteiger partial charge on any atom is -0.256 e. The van der Waals surface area contributed by atoms with Gasteiger partial charge in [-0.05, 0) is 0 Å². The van der Waals surface area contributed by atoms with Crippen LogP contribution in [0.2, 0.25) is 0 Å². The van der Waals surface area contributed by atoms with Gasteiger partial charge in [-0.1, -0.05) is 30.8 Å². The fourth-order valence-electron chi connectivity index (χ4n) is 1.09. The lowest BCUT2D eigenvalue weighted by molar-refractivity contribution is 1.59. The Hall–Kier alpha value is -1.37. The molecule has 1 nitrogen and oxygen atoms in total. The number of hydrogen-bond donors (Lipinski definition) is 0. The zero-order chi connectivity index (χ0) is 6.97. The number of fused-ring (bicyclic) bond motifs is 1. The number of benzene rings is 1. The predicted molar refractivity (Wildman–Crippen MR) is 43.1 cm³/mol. The third kappa shape index (κ3) is 0.605. The molecule has 0 spiro atoms. The number of rotatable bonds is 0. The molecule has 1 aliphatic rings. The normalized spacial score (nSPS) is 13.8. The fourth-order valence-corrected chi connectivity index (χ4v) is 1.09. The Bertz CT molecular complexity index is 310. The summed E-state index contributed by atoms with van der Waals surface area (Å²) in [4.78, 5) is 4.08. The molecule has 0 aromatic heterocycles. The topological polar surface area (TPSA) is 12.4 Å². The molecule has 0 N–H and O–H groups in total. The fraction of sp³-hybridized carbons (Fsp3) is 0. The van der Waals surface area contributed by atoms with Crippen LogP contribution >= 0.6 is 0 Å². The molecule has 0 bridgehead atoms. The van der Waals surface area contributed by atoms with Crippen molar-refractivity contribution in [1.29, 1.82) is 0 Å². The zero-order valence-corrected chi connectivity index (χ0v) is 5.54. The molecule has 1 aromatic carbocycles. The molecule has 0 saturated heterocycles. The van der Waals surface area contributed by atoms with Crippen LogP contribution in [0.1, 0.15) is 11.1 Å². The van der Waals surface area contributed by atoms with Gasteiger partial charge in [-0.15, -0.1) is 0 Å². The van der Waals surface area contributed by atoms with Crippen molar-refractivity contribution in [3.8, 4) is 0 Å². The van der Waals surface area contributed by atoms with E-state index in [9.17, 15) is 0 Å². The van der Waals surface area contributed by atoms with Crippen molar-refractivity contribution in [3.05, 3.63) is 42.0 Å². The average molecular weight is 129 g/mol. The van der Waals surface area contributed by atoms with E-state index in [4.69, 9.17) is 0 Å². The van der Waals surface area contributed by atoms with Crippen LogP contribution in [0, 0.1) is 0 Å². The molecule has 1 aromatic rings. The van der Waals surface area contributed by atoms with Crippen LogP contribution in [0.15, 0.2) is 35.8 Å². The van der Waals surface area contributed by atoms with E-state index in [1.54, 1.807) is 0 Å². The lowest BCUT2D eigenvalue weighted by Gasteiger charge is -1.93. The highest BCUT2D eigenvalue weighted by atomic mass is 14.8. The van der Waals surface area contributed by atoms with Crippen LogP contribution in [0.3, 0.4) is 0 Å². The summed E-state index contributed by atoms with van der Waals surface area (Å²) in [7, 11) is 0. The summed E-state index contributed by atoms with van der Waals surface area (Å²) >= 11 is 0. The van der Waals surface area contributed by atoms with Gasteiger partial charge in [0.05, 0.1) is 5.70 Å². The van der Waals surface area contributed by atoms with E-state index >= 15 is 0 Å². The number of hydrogen-bond acceptors (Lipinski definition) is 1. The quantitative estimate of drug-likeness (QED) is 0.508. The Labute approximate surface area is 59.7 Å². The van der Waals surface area contributed by atoms with Crippen molar-refractivity contribution in [2.24, 2.45) is 4.99 Å². The zero-order valence-electron chi connectivity index (χ0n) is 5.54. The van der Waals surface area contributed by atoms with Gasteiger partial charge in [0.15, 0.2) is 0 Å². The summed E-state index contributed by atoms with van der Waals surface area (Å²) in [6.45, 7) is 3.80. The average Bonchev–Trinajstić information content (AvgIpc) is 2.34. The summed E-state index contributed by atoms with van der Waals surface area (Å²) in [5.74, 6) is 0. The van der Waals surface area contributed by atoms with Gasteiger partial charge < -0.3 is 0 Å². The number of nitrogens with zero attached hydrogens (tertiary/aromatic N) is 1. The molecule has 2 rings (SSSR count). The molecular weight excluding hydrogens is 122 g/mol. The summed E-state index contributed by atoms with van der Waals surface area (Å²) in [6.07, 6.45) is 1.84. The minimum absolute atomic E-state index is 0.871. The number of aliphatic imine (C=N–C) groups is 1. The first kappa shape index (κ1) is 5.42. The second-order valence-corrected chi connectivity index (χ2v) is 2.29. The lowest BCUT2D eigenvalue weighted by Crippen LogP contribution is -1.79.